The molecule has 0 atom stereocenters. The lowest BCUT2D eigenvalue weighted by Crippen LogP contribution is -2.33. The number of hydrogen-bond donors (Lipinski definition) is 0. The van der Waals surface area contributed by atoms with E-state index in [1.807, 2.05) is 26.0 Å². The number of nitrogens with zero attached hydrogens (tertiary/aromatic N) is 2. The van der Waals surface area contributed by atoms with Crippen molar-refractivity contribution in [3.63, 3.8) is 0 Å². The monoisotopic (exact) mass is 226 g/mol. The van der Waals surface area contributed by atoms with Crippen LogP contribution in [0.2, 0.25) is 0 Å². The Kier molecular flexibility index (Phi) is 4.56. The van der Waals surface area contributed by atoms with Gasteiger partial charge in [-0.05, 0) is 26.0 Å². The molecule has 4 heteroatoms. The van der Waals surface area contributed by atoms with Crippen LogP contribution in [-0.4, -0.2) is 34.8 Å². The van der Waals surface area contributed by atoms with Crippen molar-refractivity contribution in [2.24, 2.45) is 0 Å². The summed E-state index contributed by atoms with van der Waals surface area (Å²) < 4.78 is 0. The molecule has 0 spiro atoms. The molecule has 0 N–H and O–H groups in total. The third-order valence-corrected chi connectivity index (χ3v) is 2.30. The van der Waals surface area contributed by atoms with E-state index >= 15 is 0 Å². The summed E-state index contributed by atoms with van der Waals surface area (Å²) in [7, 11) is 0. The molecule has 0 radical (unpaired) electrons. The van der Waals surface area contributed by atoms with Crippen LogP contribution in [0.1, 0.15) is 23.1 Å². The third kappa shape index (κ3) is 3.20. The standard InChI is InChI=1S/C11H15ClN2O/c1-3-14(8-7-12)11(15)10-6-4-5-9(2)13-10/h4-6H,3,7-8H2,1-2H3. The molecule has 0 unspecified atom stereocenters. The maximum Gasteiger partial charge on any atom is 0.272 e. The van der Waals surface area contributed by atoms with Gasteiger partial charge in [0.25, 0.3) is 5.91 Å². The van der Waals surface area contributed by atoms with Crippen LogP contribution >= 0.6 is 11.6 Å². The van der Waals surface area contributed by atoms with E-state index in [1.54, 1.807) is 11.0 Å². The molecule has 82 valence electrons. The van der Waals surface area contributed by atoms with Gasteiger partial charge >= 0.3 is 0 Å². The Morgan fingerprint density at radius 3 is 2.80 bits per heavy atom. The van der Waals surface area contributed by atoms with Gasteiger partial charge in [-0.3, -0.25) is 4.79 Å². The number of halogens is 1. The molecule has 1 aromatic rings. The summed E-state index contributed by atoms with van der Waals surface area (Å²) in [6.45, 7) is 5.02. The van der Waals surface area contributed by atoms with Crippen LogP contribution in [0.25, 0.3) is 0 Å². The number of alkyl halides is 1. The average Bonchev–Trinajstić information content (AvgIpc) is 2.25. The maximum atomic E-state index is 11.9. The van der Waals surface area contributed by atoms with Gasteiger partial charge in [-0.2, -0.15) is 0 Å². The summed E-state index contributed by atoms with van der Waals surface area (Å²) in [5, 5.41) is 0. The molecule has 1 rings (SSSR count). The molecule has 1 aromatic heterocycles. The van der Waals surface area contributed by atoms with Crippen molar-refractivity contribution in [2.75, 3.05) is 19.0 Å². The molecule has 1 heterocycles. The Morgan fingerprint density at radius 2 is 2.27 bits per heavy atom. The lowest BCUT2D eigenvalue weighted by molar-refractivity contribution is 0.0768. The number of aromatic nitrogens is 1. The molecule has 1 amide bonds. The average molecular weight is 227 g/mol. The number of rotatable bonds is 4. The largest absolute Gasteiger partial charge is 0.336 e. The number of pyridine rings is 1. The first-order valence-electron chi connectivity index (χ1n) is 4.98. The van der Waals surface area contributed by atoms with Crippen LogP contribution in [0.5, 0.6) is 0 Å². The molecule has 0 bridgehead atoms. The van der Waals surface area contributed by atoms with Crippen LogP contribution in [0.15, 0.2) is 18.2 Å². The van der Waals surface area contributed by atoms with Crippen LogP contribution in [-0.2, 0) is 0 Å². The molecule has 0 aliphatic carbocycles. The van der Waals surface area contributed by atoms with Crippen molar-refractivity contribution < 1.29 is 4.79 Å². The van der Waals surface area contributed by atoms with Crippen LogP contribution in [0, 0.1) is 6.92 Å². The Morgan fingerprint density at radius 1 is 1.53 bits per heavy atom. The topological polar surface area (TPSA) is 33.2 Å². The zero-order chi connectivity index (χ0) is 11.3. The van der Waals surface area contributed by atoms with Gasteiger partial charge in [0.15, 0.2) is 0 Å². The molecule has 0 aromatic carbocycles. The van der Waals surface area contributed by atoms with E-state index in [4.69, 9.17) is 11.6 Å². The number of carbonyl (C=O) groups is 1. The van der Waals surface area contributed by atoms with E-state index in [2.05, 4.69) is 4.98 Å². The van der Waals surface area contributed by atoms with Crippen LogP contribution < -0.4 is 0 Å². The highest BCUT2D eigenvalue weighted by molar-refractivity contribution is 6.18. The highest BCUT2D eigenvalue weighted by atomic mass is 35.5. The minimum atomic E-state index is -0.0538. The van der Waals surface area contributed by atoms with E-state index in [0.29, 0.717) is 24.7 Å². The van der Waals surface area contributed by atoms with Gasteiger partial charge in [-0.15, -0.1) is 11.6 Å². The van der Waals surface area contributed by atoms with E-state index in [9.17, 15) is 4.79 Å². The van der Waals surface area contributed by atoms with Gasteiger partial charge in [0.2, 0.25) is 0 Å². The summed E-state index contributed by atoms with van der Waals surface area (Å²) in [6, 6.07) is 5.44. The number of amides is 1. The first-order valence-corrected chi connectivity index (χ1v) is 5.51. The Bertz CT molecular complexity index is 341. The quantitative estimate of drug-likeness (QED) is 0.737. The summed E-state index contributed by atoms with van der Waals surface area (Å²) in [6.07, 6.45) is 0. The fourth-order valence-corrected chi connectivity index (χ4v) is 1.53. The molecule has 15 heavy (non-hydrogen) atoms. The van der Waals surface area contributed by atoms with E-state index in [0.717, 1.165) is 5.69 Å². The first-order chi connectivity index (χ1) is 7.19. The van der Waals surface area contributed by atoms with Gasteiger partial charge in [-0.1, -0.05) is 6.07 Å². The molecule has 0 aliphatic rings. The summed E-state index contributed by atoms with van der Waals surface area (Å²) in [5.74, 6) is 0.396. The molecule has 3 nitrogen and oxygen atoms in total. The first kappa shape index (κ1) is 12.0. The normalized spacial score (nSPS) is 10.1. The maximum absolute atomic E-state index is 11.9. The molecule has 0 saturated heterocycles. The highest BCUT2D eigenvalue weighted by Gasteiger charge is 2.14. The third-order valence-electron chi connectivity index (χ3n) is 2.13. The van der Waals surface area contributed by atoms with Gasteiger partial charge in [0.05, 0.1) is 0 Å². The highest BCUT2D eigenvalue weighted by Crippen LogP contribution is 2.03. The lowest BCUT2D eigenvalue weighted by Gasteiger charge is -2.18. The Hall–Kier alpha value is -1.09. The number of aryl methyl sites for hydroxylation is 1. The predicted molar refractivity (Wildman–Crippen MR) is 61.3 cm³/mol. The second kappa shape index (κ2) is 5.71. The van der Waals surface area contributed by atoms with Crippen molar-refractivity contribution in [1.29, 1.82) is 0 Å². The number of carbonyl (C=O) groups excluding carboxylic acids is 1. The minimum Gasteiger partial charge on any atom is -0.336 e. The van der Waals surface area contributed by atoms with Crippen molar-refractivity contribution in [2.45, 2.75) is 13.8 Å². The van der Waals surface area contributed by atoms with Gasteiger partial charge in [-0.25, -0.2) is 4.98 Å². The van der Waals surface area contributed by atoms with Crippen molar-refractivity contribution in [3.05, 3.63) is 29.6 Å². The molecule has 0 fully saturated rings. The fourth-order valence-electron chi connectivity index (χ4n) is 1.33. The van der Waals surface area contributed by atoms with E-state index in [1.165, 1.54) is 0 Å². The van der Waals surface area contributed by atoms with E-state index in [-0.39, 0.29) is 5.91 Å². The second-order valence-corrected chi connectivity index (χ2v) is 3.62. The summed E-state index contributed by atoms with van der Waals surface area (Å²) >= 11 is 5.62. The van der Waals surface area contributed by atoms with Crippen LogP contribution in [0.3, 0.4) is 0 Å². The molecule has 0 aliphatic heterocycles. The fraction of sp³-hybridized carbons (Fsp3) is 0.455. The predicted octanol–water partition coefficient (Wildman–Crippen LogP) is 2.09. The van der Waals surface area contributed by atoms with Crippen molar-refractivity contribution in [3.8, 4) is 0 Å². The molecular weight excluding hydrogens is 212 g/mol. The zero-order valence-corrected chi connectivity index (χ0v) is 9.79. The Labute approximate surface area is 95.1 Å². The smallest absolute Gasteiger partial charge is 0.272 e. The van der Waals surface area contributed by atoms with Gasteiger partial charge in [0.1, 0.15) is 5.69 Å². The minimum absolute atomic E-state index is 0.0538. The van der Waals surface area contributed by atoms with Crippen LogP contribution in [0.4, 0.5) is 0 Å². The van der Waals surface area contributed by atoms with Crippen molar-refractivity contribution >= 4 is 17.5 Å². The molecule has 0 saturated carbocycles. The SMILES string of the molecule is CCN(CCCl)C(=O)c1cccc(C)n1. The van der Waals surface area contributed by atoms with E-state index < -0.39 is 0 Å². The zero-order valence-electron chi connectivity index (χ0n) is 9.03. The van der Waals surface area contributed by atoms with Gasteiger partial charge in [0, 0.05) is 24.7 Å². The molecular formula is C11H15ClN2O. The Balaban J connectivity index is 2.82. The number of hydrogen-bond acceptors (Lipinski definition) is 2. The summed E-state index contributed by atoms with van der Waals surface area (Å²) in [4.78, 5) is 17.8. The van der Waals surface area contributed by atoms with Crippen molar-refractivity contribution in [1.82, 2.24) is 9.88 Å². The second-order valence-electron chi connectivity index (χ2n) is 3.24. The lowest BCUT2D eigenvalue weighted by atomic mass is 10.3. The van der Waals surface area contributed by atoms with Gasteiger partial charge < -0.3 is 4.90 Å². The summed E-state index contributed by atoms with van der Waals surface area (Å²) in [5.41, 5.74) is 1.34.